The normalized spacial score (nSPS) is 10.2. The Bertz CT molecular complexity index is 788. The first-order valence-corrected chi connectivity index (χ1v) is 8.74. The molecule has 0 aromatic heterocycles. The number of likely N-dealkylation sites (N-methyl/N-ethyl adjacent to an activating group) is 1. The van der Waals surface area contributed by atoms with E-state index in [-0.39, 0.29) is 18.4 Å². The fourth-order valence-electron chi connectivity index (χ4n) is 2.70. The maximum atomic E-state index is 12.7. The topological polar surface area (TPSA) is 66.9 Å². The standard InChI is InChI=1S/C21H24N2O4/c1-4-22(14-17-8-6-5-7-9-17)20(25)15-23(16(2)24)19-12-10-18(11-13-19)21(26)27-3/h5-13H,4,14-15H2,1-3H3. The summed E-state index contributed by atoms with van der Waals surface area (Å²) in [4.78, 5) is 39.5. The Labute approximate surface area is 159 Å². The van der Waals surface area contributed by atoms with Crippen LogP contribution >= 0.6 is 0 Å². The van der Waals surface area contributed by atoms with Crippen molar-refractivity contribution in [3.8, 4) is 0 Å². The monoisotopic (exact) mass is 368 g/mol. The second-order valence-corrected chi connectivity index (χ2v) is 6.04. The van der Waals surface area contributed by atoms with Crippen molar-refractivity contribution in [2.75, 3.05) is 25.1 Å². The van der Waals surface area contributed by atoms with Gasteiger partial charge >= 0.3 is 5.97 Å². The van der Waals surface area contributed by atoms with Gasteiger partial charge in [-0.05, 0) is 36.8 Å². The molecule has 6 nitrogen and oxygen atoms in total. The summed E-state index contributed by atoms with van der Waals surface area (Å²) in [5.74, 6) is -0.842. The SMILES string of the molecule is CCN(Cc1ccccc1)C(=O)CN(C(C)=O)c1ccc(C(=O)OC)cc1. The lowest BCUT2D eigenvalue weighted by atomic mass is 10.2. The van der Waals surface area contributed by atoms with Gasteiger partial charge in [0.25, 0.3) is 0 Å². The van der Waals surface area contributed by atoms with E-state index in [1.807, 2.05) is 37.3 Å². The molecule has 0 fully saturated rings. The minimum Gasteiger partial charge on any atom is -0.465 e. The molecule has 27 heavy (non-hydrogen) atoms. The first kappa shape index (κ1) is 20.2. The lowest BCUT2D eigenvalue weighted by Crippen LogP contribution is -2.42. The second kappa shape index (κ2) is 9.52. The number of hydrogen-bond donors (Lipinski definition) is 0. The smallest absolute Gasteiger partial charge is 0.337 e. The van der Waals surface area contributed by atoms with Crippen LogP contribution in [0.15, 0.2) is 54.6 Å². The van der Waals surface area contributed by atoms with Crippen LogP contribution in [0.5, 0.6) is 0 Å². The van der Waals surface area contributed by atoms with Crippen molar-refractivity contribution < 1.29 is 19.1 Å². The summed E-state index contributed by atoms with van der Waals surface area (Å²) < 4.78 is 4.67. The number of esters is 1. The largest absolute Gasteiger partial charge is 0.465 e. The molecule has 0 N–H and O–H groups in total. The Hall–Kier alpha value is -3.15. The fraction of sp³-hybridized carbons (Fsp3) is 0.286. The molecular formula is C21H24N2O4. The van der Waals surface area contributed by atoms with Crippen LogP contribution in [0.4, 0.5) is 5.69 Å². The summed E-state index contributed by atoms with van der Waals surface area (Å²) in [7, 11) is 1.31. The van der Waals surface area contributed by atoms with Crippen molar-refractivity contribution in [1.29, 1.82) is 0 Å². The molecule has 2 amide bonds. The third-order valence-corrected chi connectivity index (χ3v) is 4.22. The number of methoxy groups -OCH3 is 1. The maximum absolute atomic E-state index is 12.7. The highest BCUT2D eigenvalue weighted by atomic mass is 16.5. The molecule has 2 aromatic carbocycles. The van der Waals surface area contributed by atoms with Gasteiger partial charge in [0, 0.05) is 25.7 Å². The van der Waals surface area contributed by atoms with Crippen molar-refractivity contribution in [2.45, 2.75) is 20.4 Å². The number of rotatable bonds is 7. The average molecular weight is 368 g/mol. The molecule has 0 aliphatic rings. The van der Waals surface area contributed by atoms with Gasteiger partial charge in [0.05, 0.1) is 12.7 Å². The molecular weight excluding hydrogens is 344 g/mol. The highest BCUT2D eigenvalue weighted by molar-refractivity contribution is 5.98. The van der Waals surface area contributed by atoms with Crippen LogP contribution in [-0.4, -0.2) is 42.9 Å². The van der Waals surface area contributed by atoms with Crippen LogP contribution in [0.25, 0.3) is 0 Å². The molecule has 142 valence electrons. The fourth-order valence-corrected chi connectivity index (χ4v) is 2.70. The van der Waals surface area contributed by atoms with Gasteiger partial charge in [0.2, 0.25) is 11.8 Å². The molecule has 0 unspecified atom stereocenters. The van der Waals surface area contributed by atoms with Gasteiger partial charge in [-0.2, -0.15) is 0 Å². The molecule has 6 heteroatoms. The van der Waals surface area contributed by atoms with E-state index in [0.29, 0.717) is 24.3 Å². The third kappa shape index (κ3) is 5.41. The van der Waals surface area contributed by atoms with Crippen LogP contribution in [0.1, 0.15) is 29.8 Å². The van der Waals surface area contributed by atoms with E-state index in [4.69, 9.17) is 0 Å². The molecule has 0 heterocycles. The van der Waals surface area contributed by atoms with E-state index in [1.54, 1.807) is 29.2 Å². The van der Waals surface area contributed by atoms with Crippen molar-refractivity contribution in [3.05, 3.63) is 65.7 Å². The number of anilines is 1. The average Bonchev–Trinajstić information content (AvgIpc) is 2.70. The quantitative estimate of drug-likeness (QED) is 0.705. The summed E-state index contributed by atoms with van der Waals surface area (Å²) in [6, 6.07) is 16.1. The lowest BCUT2D eigenvalue weighted by Gasteiger charge is -2.26. The molecule has 2 rings (SSSR count). The van der Waals surface area contributed by atoms with Gasteiger partial charge in [-0.1, -0.05) is 30.3 Å². The van der Waals surface area contributed by atoms with E-state index in [0.717, 1.165) is 5.56 Å². The van der Waals surface area contributed by atoms with Gasteiger partial charge in [-0.15, -0.1) is 0 Å². The van der Waals surface area contributed by atoms with Gasteiger partial charge in [-0.25, -0.2) is 4.79 Å². The molecule has 0 aliphatic heterocycles. The molecule has 0 aliphatic carbocycles. The Morgan fingerprint density at radius 3 is 2.11 bits per heavy atom. The van der Waals surface area contributed by atoms with Crippen LogP contribution in [0.3, 0.4) is 0 Å². The van der Waals surface area contributed by atoms with Crippen LogP contribution < -0.4 is 4.90 Å². The van der Waals surface area contributed by atoms with E-state index >= 15 is 0 Å². The summed E-state index contributed by atoms with van der Waals surface area (Å²) in [5, 5.41) is 0. The number of ether oxygens (including phenoxy) is 1. The Morgan fingerprint density at radius 2 is 1.59 bits per heavy atom. The number of nitrogens with zero attached hydrogens (tertiary/aromatic N) is 2. The number of carbonyl (C=O) groups excluding carboxylic acids is 3. The Balaban J connectivity index is 2.13. The van der Waals surface area contributed by atoms with E-state index in [1.165, 1.54) is 18.9 Å². The van der Waals surface area contributed by atoms with Crippen LogP contribution in [0, 0.1) is 0 Å². The van der Waals surface area contributed by atoms with Crippen molar-refractivity contribution in [2.24, 2.45) is 0 Å². The predicted molar refractivity (Wildman–Crippen MR) is 103 cm³/mol. The maximum Gasteiger partial charge on any atom is 0.337 e. The highest BCUT2D eigenvalue weighted by Gasteiger charge is 2.20. The van der Waals surface area contributed by atoms with Gasteiger partial charge in [-0.3, -0.25) is 9.59 Å². The summed E-state index contributed by atoms with van der Waals surface area (Å²) in [5.41, 5.74) is 1.97. The third-order valence-electron chi connectivity index (χ3n) is 4.22. The summed E-state index contributed by atoms with van der Waals surface area (Å²) >= 11 is 0. The number of benzene rings is 2. The first-order chi connectivity index (χ1) is 13.0. The zero-order valence-electron chi connectivity index (χ0n) is 15.8. The molecule has 0 atom stereocenters. The van der Waals surface area contributed by atoms with Crippen molar-refractivity contribution in [1.82, 2.24) is 4.90 Å². The van der Waals surface area contributed by atoms with Gasteiger partial charge < -0.3 is 14.5 Å². The minimum atomic E-state index is -0.452. The number of carbonyl (C=O) groups is 3. The molecule has 0 bridgehead atoms. The zero-order valence-corrected chi connectivity index (χ0v) is 15.8. The summed E-state index contributed by atoms with van der Waals surface area (Å²) in [6.45, 7) is 4.29. The van der Waals surface area contributed by atoms with Gasteiger partial charge in [0.15, 0.2) is 0 Å². The molecule has 0 spiro atoms. The summed E-state index contributed by atoms with van der Waals surface area (Å²) in [6.07, 6.45) is 0. The lowest BCUT2D eigenvalue weighted by molar-refractivity contribution is -0.131. The van der Waals surface area contributed by atoms with E-state index < -0.39 is 5.97 Å². The van der Waals surface area contributed by atoms with Gasteiger partial charge in [0.1, 0.15) is 6.54 Å². The first-order valence-electron chi connectivity index (χ1n) is 8.74. The molecule has 2 aromatic rings. The molecule has 0 radical (unpaired) electrons. The Kier molecular flexibility index (Phi) is 7.11. The van der Waals surface area contributed by atoms with E-state index in [9.17, 15) is 14.4 Å². The predicted octanol–water partition coefficient (Wildman–Crippen LogP) is 2.87. The number of amides is 2. The van der Waals surface area contributed by atoms with Crippen LogP contribution in [-0.2, 0) is 20.9 Å². The van der Waals surface area contributed by atoms with Crippen molar-refractivity contribution in [3.63, 3.8) is 0 Å². The minimum absolute atomic E-state index is 0.0619. The van der Waals surface area contributed by atoms with Crippen LogP contribution in [0.2, 0.25) is 0 Å². The number of hydrogen-bond acceptors (Lipinski definition) is 4. The molecule has 0 saturated heterocycles. The van der Waals surface area contributed by atoms with Crippen molar-refractivity contribution >= 4 is 23.5 Å². The van der Waals surface area contributed by atoms with E-state index in [2.05, 4.69) is 4.74 Å². The highest BCUT2D eigenvalue weighted by Crippen LogP contribution is 2.17. The zero-order chi connectivity index (χ0) is 19.8. The molecule has 0 saturated carbocycles. The Morgan fingerprint density at radius 1 is 0.963 bits per heavy atom. The second-order valence-electron chi connectivity index (χ2n) is 6.04.